The van der Waals surface area contributed by atoms with Gasteiger partial charge in [0.1, 0.15) is 0 Å². The van der Waals surface area contributed by atoms with E-state index in [1.165, 1.54) is 96.7 Å². The van der Waals surface area contributed by atoms with Crippen LogP contribution in [0.5, 0.6) is 0 Å². The molecule has 0 bridgehead atoms. The minimum atomic E-state index is 0.456. The third kappa shape index (κ3) is 9.42. The van der Waals surface area contributed by atoms with Crippen molar-refractivity contribution in [2.45, 2.75) is 97.8 Å². The Labute approximate surface area is 153 Å². The van der Waals surface area contributed by atoms with Crippen LogP contribution in [0.3, 0.4) is 0 Å². The first-order chi connectivity index (χ1) is 11.6. The molecule has 0 unspecified atom stereocenters. The van der Waals surface area contributed by atoms with Crippen molar-refractivity contribution < 1.29 is 0 Å². The summed E-state index contributed by atoms with van der Waals surface area (Å²) in [5.74, 6) is 0.897. The summed E-state index contributed by atoms with van der Waals surface area (Å²) >= 11 is 0. The third-order valence-electron chi connectivity index (χ3n) is 6.15. The van der Waals surface area contributed by atoms with Crippen molar-refractivity contribution in [1.29, 1.82) is 0 Å². The Bertz CT molecular complexity index is 280. The maximum atomic E-state index is 3.38. The zero-order chi connectivity index (χ0) is 17.7. The zero-order valence-electron chi connectivity index (χ0n) is 17.3. The molecule has 144 valence electrons. The van der Waals surface area contributed by atoms with Crippen LogP contribution in [0.25, 0.3) is 0 Å². The first kappa shape index (κ1) is 22.0. The largest absolute Gasteiger partial charge is 0.319 e. The van der Waals surface area contributed by atoms with Crippen molar-refractivity contribution in [2.24, 2.45) is 11.3 Å². The van der Waals surface area contributed by atoms with Gasteiger partial charge in [0.15, 0.2) is 0 Å². The lowest BCUT2D eigenvalue weighted by Gasteiger charge is -2.40. The molecule has 2 nitrogen and oxygen atoms in total. The Morgan fingerprint density at radius 3 is 1.83 bits per heavy atom. The summed E-state index contributed by atoms with van der Waals surface area (Å²) < 4.78 is 0. The van der Waals surface area contributed by atoms with Crippen LogP contribution in [0.15, 0.2) is 0 Å². The number of unbranched alkanes of at least 4 members (excludes halogenated alkanes) is 9. The lowest BCUT2D eigenvalue weighted by atomic mass is 9.73. The van der Waals surface area contributed by atoms with Gasteiger partial charge in [0.25, 0.3) is 0 Å². The number of nitrogens with zero attached hydrogens (tertiary/aromatic N) is 1. The fraction of sp³-hybridized carbons (Fsp3) is 1.00. The second-order valence-electron chi connectivity index (χ2n) is 8.82. The Balaban J connectivity index is 1.95. The molecule has 1 saturated heterocycles. The standard InChI is InChI=1S/C22H46N2/c1-5-6-7-8-9-10-11-12-13-14-17-24-18-15-21(16-19-24)22(2,3)20-23-4/h21,23H,5-20H2,1-4H3. The van der Waals surface area contributed by atoms with E-state index in [4.69, 9.17) is 0 Å². The molecule has 0 aliphatic carbocycles. The van der Waals surface area contributed by atoms with E-state index in [2.05, 4.69) is 38.0 Å². The molecule has 0 amide bonds. The number of nitrogens with one attached hydrogen (secondary N) is 1. The van der Waals surface area contributed by atoms with Gasteiger partial charge < -0.3 is 10.2 Å². The Hall–Kier alpha value is -0.0800. The van der Waals surface area contributed by atoms with Crippen molar-refractivity contribution in [3.63, 3.8) is 0 Å². The van der Waals surface area contributed by atoms with Crippen molar-refractivity contribution in [3.8, 4) is 0 Å². The van der Waals surface area contributed by atoms with E-state index >= 15 is 0 Å². The number of rotatable bonds is 14. The van der Waals surface area contributed by atoms with Gasteiger partial charge in [-0.25, -0.2) is 0 Å². The fourth-order valence-corrected chi connectivity index (χ4v) is 4.36. The molecule has 0 radical (unpaired) electrons. The van der Waals surface area contributed by atoms with Crippen LogP contribution in [0, 0.1) is 11.3 Å². The molecule has 1 N–H and O–H groups in total. The topological polar surface area (TPSA) is 15.3 Å². The lowest BCUT2D eigenvalue weighted by Crippen LogP contribution is -2.42. The van der Waals surface area contributed by atoms with E-state index in [0.717, 1.165) is 12.5 Å². The van der Waals surface area contributed by atoms with E-state index in [1.807, 2.05) is 0 Å². The zero-order valence-corrected chi connectivity index (χ0v) is 17.3. The maximum Gasteiger partial charge on any atom is 0.000218 e. The van der Waals surface area contributed by atoms with E-state index in [9.17, 15) is 0 Å². The predicted octanol–water partition coefficient (Wildman–Crippen LogP) is 5.86. The maximum absolute atomic E-state index is 3.38. The van der Waals surface area contributed by atoms with E-state index in [1.54, 1.807) is 0 Å². The van der Waals surface area contributed by atoms with Gasteiger partial charge in [-0.05, 0) is 57.3 Å². The second kappa shape index (κ2) is 13.2. The normalized spacial score (nSPS) is 17.5. The first-order valence-electron chi connectivity index (χ1n) is 11.0. The smallest absolute Gasteiger partial charge is 0.000218 e. The number of hydrogen-bond donors (Lipinski definition) is 1. The highest BCUT2D eigenvalue weighted by Crippen LogP contribution is 2.34. The van der Waals surface area contributed by atoms with E-state index in [0.29, 0.717) is 5.41 Å². The third-order valence-corrected chi connectivity index (χ3v) is 6.15. The number of likely N-dealkylation sites (tertiary alicyclic amines) is 1. The van der Waals surface area contributed by atoms with Crippen LogP contribution >= 0.6 is 0 Å². The summed E-state index contributed by atoms with van der Waals surface area (Å²) in [4.78, 5) is 2.72. The molecule has 0 spiro atoms. The lowest BCUT2D eigenvalue weighted by molar-refractivity contribution is 0.0996. The molecule has 1 aliphatic heterocycles. The molecule has 0 saturated carbocycles. The van der Waals surface area contributed by atoms with Gasteiger partial charge in [0.05, 0.1) is 0 Å². The summed E-state index contributed by atoms with van der Waals surface area (Å²) in [5.41, 5.74) is 0.456. The second-order valence-corrected chi connectivity index (χ2v) is 8.82. The highest BCUT2D eigenvalue weighted by Gasteiger charge is 2.31. The van der Waals surface area contributed by atoms with Crippen molar-refractivity contribution in [3.05, 3.63) is 0 Å². The molecule has 1 fully saturated rings. The van der Waals surface area contributed by atoms with Crippen molar-refractivity contribution in [1.82, 2.24) is 10.2 Å². The molecule has 1 rings (SSSR count). The van der Waals surface area contributed by atoms with Crippen LogP contribution in [0.4, 0.5) is 0 Å². The average molecular weight is 339 g/mol. The van der Waals surface area contributed by atoms with Gasteiger partial charge >= 0.3 is 0 Å². The summed E-state index contributed by atoms with van der Waals surface area (Å²) in [7, 11) is 2.09. The SMILES string of the molecule is CCCCCCCCCCCCN1CCC(C(C)(C)CNC)CC1. The molecule has 2 heteroatoms. The number of piperidine rings is 1. The van der Waals surface area contributed by atoms with E-state index in [-0.39, 0.29) is 0 Å². The van der Waals surface area contributed by atoms with Crippen LogP contribution < -0.4 is 5.32 Å². The summed E-state index contributed by atoms with van der Waals surface area (Å²) in [6.45, 7) is 12.3. The molecular weight excluding hydrogens is 292 g/mol. The predicted molar refractivity (Wildman–Crippen MR) is 109 cm³/mol. The Morgan fingerprint density at radius 2 is 1.33 bits per heavy atom. The van der Waals surface area contributed by atoms with Gasteiger partial charge in [-0.15, -0.1) is 0 Å². The van der Waals surface area contributed by atoms with Crippen LogP contribution in [0.1, 0.15) is 97.8 Å². The molecule has 0 atom stereocenters. The van der Waals surface area contributed by atoms with E-state index < -0.39 is 0 Å². The molecule has 0 aromatic heterocycles. The summed E-state index contributed by atoms with van der Waals surface area (Å²) in [6.07, 6.45) is 17.2. The van der Waals surface area contributed by atoms with Crippen molar-refractivity contribution in [2.75, 3.05) is 33.2 Å². The van der Waals surface area contributed by atoms with Gasteiger partial charge in [0, 0.05) is 6.54 Å². The number of hydrogen-bond acceptors (Lipinski definition) is 2. The molecule has 0 aromatic carbocycles. The van der Waals surface area contributed by atoms with Crippen LogP contribution in [-0.2, 0) is 0 Å². The minimum Gasteiger partial charge on any atom is -0.319 e. The summed E-state index contributed by atoms with van der Waals surface area (Å²) in [6, 6.07) is 0. The average Bonchev–Trinajstić information content (AvgIpc) is 2.57. The molecule has 1 aliphatic rings. The first-order valence-corrected chi connectivity index (χ1v) is 11.0. The monoisotopic (exact) mass is 338 g/mol. The minimum absolute atomic E-state index is 0.456. The molecule has 0 aromatic rings. The quantitative estimate of drug-likeness (QED) is 0.399. The van der Waals surface area contributed by atoms with Gasteiger partial charge in [-0.1, -0.05) is 78.6 Å². The van der Waals surface area contributed by atoms with Gasteiger partial charge in [-0.3, -0.25) is 0 Å². The molecular formula is C22H46N2. The Morgan fingerprint density at radius 1 is 0.833 bits per heavy atom. The highest BCUT2D eigenvalue weighted by atomic mass is 15.1. The molecule has 24 heavy (non-hydrogen) atoms. The molecule has 1 heterocycles. The summed E-state index contributed by atoms with van der Waals surface area (Å²) in [5, 5.41) is 3.38. The van der Waals surface area contributed by atoms with Gasteiger partial charge in [0.2, 0.25) is 0 Å². The highest BCUT2D eigenvalue weighted by molar-refractivity contribution is 4.84. The fourth-order valence-electron chi connectivity index (χ4n) is 4.36. The van der Waals surface area contributed by atoms with Crippen LogP contribution in [0.2, 0.25) is 0 Å². The Kier molecular flexibility index (Phi) is 12.0. The van der Waals surface area contributed by atoms with Gasteiger partial charge in [-0.2, -0.15) is 0 Å². The van der Waals surface area contributed by atoms with Crippen molar-refractivity contribution >= 4 is 0 Å². The van der Waals surface area contributed by atoms with Crippen LogP contribution in [-0.4, -0.2) is 38.1 Å².